The van der Waals surface area contributed by atoms with Crippen LogP contribution < -0.4 is 10.7 Å². The number of hydrogen-bond acceptors (Lipinski definition) is 4. The summed E-state index contributed by atoms with van der Waals surface area (Å²) in [5, 5.41) is 4.84. The van der Waals surface area contributed by atoms with Crippen LogP contribution in [-0.4, -0.2) is 54.9 Å². The Morgan fingerprint density at radius 2 is 1.81 bits per heavy atom. The van der Waals surface area contributed by atoms with Crippen molar-refractivity contribution in [2.24, 2.45) is 0 Å². The first-order chi connectivity index (χ1) is 9.95. The zero-order valence-electron chi connectivity index (χ0n) is 12.1. The fraction of sp³-hybridized carbons (Fsp3) is 0.429. The van der Waals surface area contributed by atoms with Crippen molar-refractivity contribution in [3.63, 3.8) is 0 Å². The van der Waals surface area contributed by atoms with Gasteiger partial charge in [0.25, 0.3) is 0 Å². The van der Waals surface area contributed by atoms with E-state index >= 15 is 0 Å². The molecule has 2 rings (SSSR count). The molecule has 0 spiro atoms. The molecule has 1 aromatic carbocycles. The first-order valence-electron chi connectivity index (χ1n) is 6.77. The Morgan fingerprint density at radius 1 is 1.14 bits per heavy atom. The standard InChI is InChI=1S/C14H19ClN4O2/c1-10-3-4-11(9-12(10)15)16-13(20)14(21)17-19-7-5-18(2)6-8-19/h3-4,9H,5-8H2,1-2H3,(H,16,20)(H,17,21). The van der Waals surface area contributed by atoms with Crippen molar-refractivity contribution < 1.29 is 9.59 Å². The Bertz CT molecular complexity index is 542. The number of carbonyl (C=O) groups is 2. The number of piperazine rings is 1. The highest BCUT2D eigenvalue weighted by Crippen LogP contribution is 2.19. The quantitative estimate of drug-likeness (QED) is 0.796. The maximum Gasteiger partial charge on any atom is 0.323 e. The normalized spacial score (nSPS) is 16.5. The second-order valence-electron chi connectivity index (χ2n) is 5.15. The number of carbonyl (C=O) groups excluding carboxylic acids is 2. The third-order valence-corrected chi connectivity index (χ3v) is 3.81. The number of halogens is 1. The van der Waals surface area contributed by atoms with E-state index in [-0.39, 0.29) is 0 Å². The van der Waals surface area contributed by atoms with E-state index in [0.717, 1.165) is 18.7 Å². The molecule has 0 unspecified atom stereocenters. The first-order valence-corrected chi connectivity index (χ1v) is 7.15. The van der Waals surface area contributed by atoms with Crippen LogP contribution >= 0.6 is 11.6 Å². The molecule has 7 heteroatoms. The minimum atomic E-state index is -0.700. The number of nitrogens with one attached hydrogen (secondary N) is 2. The molecule has 0 aromatic heterocycles. The van der Waals surface area contributed by atoms with E-state index in [9.17, 15) is 9.59 Å². The second-order valence-corrected chi connectivity index (χ2v) is 5.56. The topological polar surface area (TPSA) is 64.7 Å². The molecule has 0 aliphatic carbocycles. The van der Waals surface area contributed by atoms with Crippen molar-refractivity contribution in [3.05, 3.63) is 28.8 Å². The van der Waals surface area contributed by atoms with E-state index in [4.69, 9.17) is 11.6 Å². The van der Waals surface area contributed by atoms with Gasteiger partial charge >= 0.3 is 11.8 Å². The predicted molar refractivity (Wildman–Crippen MR) is 82.0 cm³/mol. The molecule has 1 fully saturated rings. The molecule has 114 valence electrons. The molecule has 0 saturated carbocycles. The minimum absolute atomic E-state index is 0.504. The second kappa shape index (κ2) is 6.89. The number of benzene rings is 1. The lowest BCUT2D eigenvalue weighted by atomic mass is 10.2. The Kier molecular flexibility index (Phi) is 5.17. The number of aryl methyl sites for hydroxylation is 1. The van der Waals surface area contributed by atoms with Gasteiger partial charge < -0.3 is 10.2 Å². The molecular formula is C14H19ClN4O2. The Hall–Kier alpha value is -1.63. The van der Waals surface area contributed by atoms with Gasteiger partial charge in [-0.15, -0.1) is 0 Å². The number of hydrazine groups is 1. The summed E-state index contributed by atoms with van der Waals surface area (Å²) < 4.78 is 0. The van der Waals surface area contributed by atoms with Crippen LogP contribution in [0.25, 0.3) is 0 Å². The largest absolute Gasteiger partial charge is 0.323 e. The van der Waals surface area contributed by atoms with E-state index in [1.807, 2.05) is 14.0 Å². The van der Waals surface area contributed by atoms with Crippen LogP contribution in [0.5, 0.6) is 0 Å². The lowest BCUT2D eigenvalue weighted by molar-refractivity contribution is -0.139. The van der Waals surface area contributed by atoms with E-state index in [2.05, 4.69) is 15.6 Å². The molecule has 0 atom stereocenters. The highest BCUT2D eigenvalue weighted by molar-refractivity contribution is 6.39. The number of amides is 2. The van der Waals surface area contributed by atoms with Crippen LogP contribution in [0.1, 0.15) is 5.56 Å². The van der Waals surface area contributed by atoms with E-state index in [1.165, 1.54) is 0 Å². The van der Waals surface area contributed by atoms with Gasteiger partial charge in [-0.2, -0.15) is 0 Å². The maximum absolute atomic E-state index is 11.8. The van der Waals surface area contributed by atoms with Crippen molar-refractivity contribution in [1.29, 1.82) is 0 Å². The van der Waals surface area contributed by atoms with Crippen molar-refractivity contribution in [3.8, 4) is 0 Å². The molecule has 21 heavy (non-hydrogen) atoms. The summed E-state index contributed by atoms with van der Waals surface area (Å²) in [6.07, 6.45) is 0. The molecule has 1 aliphatic rings. The Balaban J connectivity index is 1.87. The van der Waals surface area contributed by atoms with Gasteiger partial charge in [-0.3, -0.25) is 15.0 Å². The lowest BCUT2D eigenvalue weighted by Gasteiger charge is -2.32. The SMILES string of the molecule is Cc1ccc(NC(=O)C(=O)NN2CCN(C)CC2)cc1Cl. The average molecular weight is 311 g/mol. The van der Waals surface area contributed by atoms with Crippen LogP contribution in [0.2, 0.25) is 5.02 Å². The minimum Gasteiger partial charge on any atom is -0.318 e. The van der Waals surface area contributed by atoms with Gasteiger partial charge in [0.2, 0.25) is 0 Å². The number of nitrogens with zero attached hydrogens (tertiary/aromatic N) is 2. The summed E-state index contributed by atoms with van der Waals surface area (Å²) in [6.45, 7) is 4.98. The van der Waals surface area contributed by atoms with Crippen LogP contribution in [0.15, 0.2) is 18.2 Å². The van der Waals surface area contributed by atoms with Crippen molar-refractivity contribution in [2.75, 3.05) is 38.5 Å². The third kappa shape index (κ3) is 4.42. The summed E-state index contributed by atoms with van der Waals surface area (Å²) in [5.41, 5.74) is 4.03. The van der Waals surface area contributed by atoms with Crippen LogP contribution in [0.3, 0.4) is 0 Å². The van der Waals surface area contributed by atoms with E-state index < -0.39 is 11.8 Å². The monoisotopic (exact) mass is 310 g/mol. The molecular weight excluding hydrogens is 292 g/mol. The summed E-state index contributed by atoms with van der Waals surface area (Å²) in [5.74, 6) is -1.37. The van der Waals surface area contributed by atoms with Gasteiger partial charge in [0, 0.05) is 36.9 Å². The van der Waals surface area contributed by atoms with Crippen LogP contribution in [0.4, 0.5) is 5.69 Å². The molecule has 0 bridgehead atoms. The molecule has 1 saturated heterocycles. The van der Waals surface area contributed by atoms with E-state index in [0.29, 0.717) is 23.8 Å². The van der Waals surface area contributed by atoms with E-state index in [1.54, 1.807) is 23.2 Å². The van der Waals surface area contributed by atoms with Gasteiger partial charge in [-0.05, 0) is 31.7 Å². The van der Waals surface area contributed by atoms with Gasteiger partial charge in [0.1, 0.15) is 0 Å². The molecule has 1 heterocycles. The summed E-state index contributed by atoms with van der Waals surface area (Å²) in [4.78, 5) is 25.8. The molecule has 2 N–H and O–H groups in total. The van der Waals surface area contributed by atoms with Gasteiger partial charge in [0.05, 0.1) is 0 Å². The smallest absolute Gasteiger partial charge is 0.318 e. The average Bonchev–Trinajstić information content (AvgIpc) is 2.45. The molecule has 0 radical (unpaired) electrons. The Morgan fingerprint density at radius 3 is 2.43 bits per heavy atom. The maximum atomic E-state index is 11.8. The highest BCUT2D eigenvalue weighted by Gasteiger charge is 2.20. The highest BCUT2D eigenvalue weighted by atomic mass is 35.5. The summed E-state index contributed by atoms with van der Waals surface area (Å²) >= 11 is 5.98. The molecule has 6 nitrogen and oxygen atoms in total. The zero-order chi connectivity index (χ0) is 15.4. The lowest BCUT2D eigenvalue weighted by Crippen LogP contribution is -2.54. The predicted octanol–water partition coefficient (Wildman–Crippen LogP) is 0.866. The summed E-state index contributed by atoms with van der Waals surface area (Å²) in [7, 11) is 2.02. The van der Waals surface area contributed by atoms with Crippen LogP contribution in [-0.2, 0) is 9.59 Å². The van der Waals surface area contributed by atoms with Crippen molar-refractivity contribution in [2.45, 2.75) is 6.92 Å². The van der Waals surface area contributed by atoms with Crippen LogP contribution in [0, 0.1) is 6.92 Å². The van der Waals surface area contributed by atoms with Gasteiger partial charge in [-0.25, -0.2) is 5.01 Å². The number of anilines is 1. The first kappa shape index (κ1) is 15.8. The third-order valence-electron chi connectivity index (χ3n) is 3.40. The van der Waals surface area contributed by atoms with Gasteiger partial charge in [0.15, 0.2) is 0 Å². The van der Waals surface area contributed by atoms with Crippen molar-refractivity contribution in [1.82, 2.24) is 15.3 Å². The molecule has 1 aromatic rings. The fourth-order valence-electron chi connectivity index (χ4n) is 1.97. The number of rotatable bonds is 2. The van der Waals surface area contributed by atoms with Gasteiger partial charge in [-0.1, -0.05) is 17.7 Å². The zero-order valence-corrected chi connectivity index (χ0v) is 12.9. The Labute approximate surface area is 129 Å². The van der Waals surface area contributed by atoms with Crippen molar-refractivity contribution >= 4 is 29.1 Å². The number of likely N-dealkylation sites (N-methyl/N-ethyl adjacent to an activating group) is 1. The number of hydrogen-bond donors (Lipinski definition) is 2. The summed E-state index contributed by atoms with van der Waals surface area (Å²) in [6, 6.07) is 5.12. The molecule has 1 aliphatic heterocycles. The fourth-order valence-corrected chi connectivity index (χ4v) is 2.15. The molecule has 2 amide bonds.